The number of nitrogens with one attached hydrogen (secondary N) is 2. The molecule has 0 aliphatic rings. The first kappa shape index (κ1) is 15.8. The molecule has 0 bridgehead atoms. The number of urea groups is 1. The number of anilines is 1. The van der Waals surface area contributed by atoms with Crippen LogP contribution in [-0.4, -0.2) is 12.6 Å². The van der Waals surface area contributed by atoms with Gasteiger partial charge in [0.15, 0.2) is 0 Å². The highest BCUT2D eigenvalue weighted by Gasteiger charge is 2.03. The maximum atomic E-state index is 13.1. The quantitative estimate of drug-likeness (QED) is 0.849. The van der Waals surface area contributed by atoms with E-state index in [4.69, 9.17) is 4.74 Å². The van der Waals surface area contributed by atoms with Gasteiger partial charge in [-0.3, -0.25) is 0 Å². The zero-order valence-corrected chi connectivity index (χ0v) is 12.4. The monoisotopic (exact) mass is 302 g/mol. The topological polar surface area (TPSA) is 50.4 Å². The molecule has 0 atom stereocenters. The molecule has 4 nitrogen and oxygen atoms in total. The number of hydrogen-bond acceptors (Lipinski definition) is 2. The second-order valence-corrected chi connectivity index (χ2v) is 4.83. The Labute approximate surface area is 129 Å². The zero-order chi connectivity index (χ0) is 15.8. The lowest BCUT2D eigenvalue weighted by atomic mass is 10.2. The van der Waals surface area contributed by atoms with E-state index in [1.54, 1.807) is 36.4 Å². The average Bonchev–Trinajstić information content (AvgIpc) is 2.51. The van der Waals surface area contributed by atoms with Gasteiger partial charge in [0.2, 0.25) is 0 Å². The number of carbonyl (C=O) groups excluding carboxylic acids is 1. The molecule has 2 amide bonds. The van der Waals surface area contributed by atoms with E-state index in [0.29, 0.717) is 18.0 Å². The third-order valence-corrected chi connectivity index (χ3v) is 2.92. The number of benzene rings is 2. The molecule has 0 aliphatic carbocycles. The van der Waals surface area contributed by atoms with Crippen LogP contribution in [0.5, 0.6) is 5.75 Å². The second-order valence-electron chi connectivity index (χ2n) is 4.83. The van der Waals surface area contributed by atoms with Crippen LogP contribution in [-0.2, 0) is 6.61 Å². The van der Waals surface area contributed by atoms with Gasteiger partial charge >= 0.3 is 6.03 Å². The summed E-state index contributed by atoms with van der Waals surface area (Å²) >= 11 is 0. The van der Waals surface area contributed by atoms with E-state index in [1.165, 1.54) is 12.1 Å². The van der Waals surface area contributed by atoms with Gasteiger partial charge in [0.25, 0.3) is 0 Å². The van der Waals surface area contributed by atoms with Crippen molar-refractivity contribution in [3.63, 3.8) is 0 Å². The van der Waals surface area contributed by atoms with Crippen molar-refractivity contribution < 1.29 is 13.9 Å². The van der Waals surface area contributed by atoms with Crippen LogP contribution in [0.25, 0.3) is 0 Å². The van der Waals surface area contributed by atoms with Gasteiger partial charge in [0, 0.05) is 18.3 Å². The van der Waals surface area contributed by atoms with Crippen molar-refractivity contribution in [2.45, 2.75) is 20.0 Å². The fourth-order valence-corrected chi connectivity index (χ4v) is 1.87. The maximum absolute atomic E-state index is 13.1. The van der Waals surface area contributed by atoms with Crippen LogP contribution in [0.3, 0.4) is 0 Å². The molecule has 22 heavy (non-hydrogen) atoms. The molecule has 2 aromatic rings. The number of halogens is 1. The number of ether oxygens (including phenoxy) is 1. The van der Waals surface area contributed by atoms with Crippen molar-refractivity contribution in [3.05, 3.63) is 59.9 Å². The lowest BCUT2D eigenvalue weighted by Gasteiger charge is -2.10. The predicted octanol–water partition coefficient (Wildman–Crippen LogP) is 3.94. The Morgan fingerprint density at radius 1 is 1.18 bits per heavy atom. The molecule has 0 saturated carbocycles. The fraction of sp³-hybridized carbons (Fsp3) is 0.235. The van der Waals surface area contributed by atoms with Crippen molar-refractivity contribution in [2.75, 3.05) is 11.9 Å². The first-order chi connectivity index (χ1) is 10.7. The molecule has 0 aromatic heterocycles. The summed E-state index contributed by atoms with van der Waals surface area (Å²) in [6, 6.07) is 13.1. The van der Waals surface area contributed by atoms with Gasteiger partial charge in [-0.1, -0.05) is 25.1 Å². The molecule has 2 aromatic carbocycles. The first-order valence-corrected chi connectivity index (χ1v) is 7.19. The maximum Gasteiger partial charge on any atom is 0.319 e. The normalized spacial score (nSPS) is 10.1. The number of rotatable bonds is 6. The molecule has 0 saturated heterocycles. The van der Waals surface area contributed by atoms with E-state index in [0.717, 1.165) is 12.0 Å². The van der Waals surface area contributed by atoms with Gasteiger partial charge in [-0.05, 0) is 36.2 Å². The summed E-state index contributed by atoms with van der Waals surface area (Å²) < 4.78 is 18.7. The summed E-state index contributed by atoms with van der Waals surface area (Å²) in [5.41, 5.74) is 1.39. The fourth-order valence-electron chi connectivity index (χ4n) is 1.87. The van der Waals surface area contributed by atoms with Gasteiger partial charge in [-0.15, -0.1) is 0 Å². The van der Waals surface area contributed by atoms with E-state index in [9.17, 15) is 9.18 Å². The molecule has 0 aliphatic heterocycles. The molecule has 0 radical (unpaired) electrons. The van der Waals surface area contributed by atoms with E-state index >= 15 is 0 Å². The molecule has 2 rings (SSSR count). The van der Waals surface area contributed by atoms with E-state index in [2.05, 4.69) is 10.6 Å². The average molecular weight is 302 g/mol. The van der Waals surface area contributed by atoms with Crippen LogP contribution in [0.2, 0.25) is 0 Å². The Kier molecular flexibility index (Phi) is 5.77. The Morgan fingerprint density at radius 2 is 2.00 bits per heavy atom. The molecule has 0 spiro atoms. The van der Waals surface area contributed by atoms with Gasteiger partial charge in [-0.2, -0.15) is 0 Å². The highest BCUT2D eigenvalue weighted by atomic mass is 19.1. The zero-order valence-electron chi connectivity index (χ0n) is 12.4. The predicted molar refractivity (Wildman–Crippen MR) is 84.5 cm³/mol. The number of amides is 2. The van der Waals surface area contributed by atoms with Crippen molar-refractivity contribution in [1.29, 1.82) is 0 Å². The molecular formula is C17H19FN2O2. The van der Waals surface area contributed by atoms with Crippen molar-refractivity contribution >= 4 is 11.7 Å². The largest absolute Gasteiger partial charge is 0.489 e. The SMILES string of the molecule is CCCNC(=O)Nc1cccc(OCc2cccc(F)c2)c1. The standard InChI is InChI=1S/C17H19FN2O2/c1-2-9-19-17(21)20-15-7-4-8-16(11-15)22-12-13-5-3-6-14(18)10-13/h3-8,10-11H,2,9,12H2,1H3,(H2,19,20,21). The molecule has 116 valence electrons. The van der Waals surface area contributed by atoms with Gasteiger partial charge in [0.1, 0.15) is 18.2 Å². The molecule has 2 N–H and O–H groups in total. The highest BCUT2D eigenvalue weighted by Crippen LogP contribution is 2.18. The van der Waals surface area contributed by atoms with Gasteiger partial charge in [0.05, 0.1) is 0 Å². The van der Waals surface area contributed by atoms with Gasteiger partial charge in [-0.25, -0.2) is 9.18 Å². The molecule has 0 heterocycles. The van der Waals surface area contributed by atoms with Crippen molar-refractivity contribution in [3.8, 4) is 5.75 Å². The van der Waals surface area contributed by atoms with Crippen LogP contribution in [0.15, 0.2) is 48.5 Å². The number of carbonyl (C=O) groups is 1. The Hall–Kier alpha value is -2.56. The first-order valence-electron chi connectivity index (χ1n) is 7.19. The van der Waals surface area contributed by atoms with Crippen LogP contribution in [0, 0.1) is 5.82 Å². The van der Waals surface area contributed by atoms with Crippen molar-refractivity contribution in [2.24, 2.45) is 0 Å². The summed E-state index contributed by atoms with van der Waals surface area (Å²) in [6.45, 7) is 2.88. The van der Waals surface area contributed by atoms with Gasteiger partial charge < -0.3 is 15.4 Å². The highest BCUT2D eigenvalue weighted by molar-refractivity contribution is 5.89. The van der Waals surface area contributed by atoms with Crippen LogP contribution >= 0.6 is 0 Å². The Balaban J connectivity index is 1.92. The molecule has 0 fully saturated rings. The van der Waals surface area contributed by atoms with E-state index in [-0.39, 0.29) is 18.5 Å². The summed E-state index contributed by atoms with van der Waals surface area (Å²) in [5, 5.41) is 5.47. The molecular weight excluding hydrogens is 283 g/mol. The van der Waals surface area contributed by atoms with Crippen LogP contribution < -0.4 is 15.4 Å². The number of hydrogen-bond donors (Lipinski definition) is 2. The Morgan fingerprint density at radius 3 is 2.77 bits per heavy atom. The molecule has 0 unspecified atom stereocenters. The second kappa shape index (κ2) is 8.02. The summed E-state index contributed by atoms with van der Waals surface area (Å²) in [4.78, 5) is 11.6. The van der Waals surface area contributed by atoms with Crippen LogP contribution in [0.1, 0.15) is 18.9 Å². The lowest BCUT2D eigenvalue weighted by Crippen LogP contribution is -2.29. The minimum absolute atomic E-state index is 0.246. The van der Waals surface area contributed by atoms with E-state index < -0.39 is 0 Å². The third kappa shape index (κ3) is 5.09. The lowest BCUT2D eigenvalue weighted by molar-refractivity contribution is 0.252. The minimum Gasteiger partial charge on any atom is -0.489 e. The van der Waals surface area contributed by atoms with Crippen LogP contribution in [0.4, 0.5) is 14.9 Å². The molecule has 5 heteroatoms. The Bertz CT molecular complexity index is 632. The third-order valence-electron chi connectivity index (χ3n) is 2.92. The summed E-state index contributed by atoms with van der Waals surface area (Å²) in [6.07, 6.45) is 0.879. The van der Waals surface area contributed by atoms with E-state index in [1.807, 2.05) is 6.92 Å². The minimum atomic E-state index is -0.288. The van der Waals surface area contributed by atoms with Crippen molar-refractivity contribution in [1.82, 2.24) is 5.32 Å². The smallest absolute Gasteiger partial charge is 0.319 e. The summed E-state index contributed by atoms with van der Waals surface area (Å²) in [7, 11) is 0. The summed E-state index contributed by atoms with van der Waals surface area (Å²) in [5.74, 6) is 0.321.